The third-order valence-corrected chi connectivity index (χ3v) is 10.5. The highest BCUT2D eigenvalue weighted by Gasteiger charge is 2.71. The first-order valence-corrected chi connectivity index (χ1v) is 12.8. The van der Waals surface area contributed by atoms with E-state index in [0.717, 1.165) is 37.5 Å². The summed E-state index contributed by atoms with van der Waals surface area (Å²) in [7, 11) is 0. The van der Waals surface area contributed by atoms with Gasteiger partial charge in [-0.2, -0.15) is 0 Å². The molecule has 3 heterocycles. The monoisotopic (exact) mass is 439 g/mol. The predicted octanol–water partition coefficient (Wildman–Crippen LogP) is 4.25. The number of fused-ring (bicyclic) bond motifs is 2. The van der Waals surface area contributed by atoms with Gasteiger partial charge >= 0.3 is 0 Å². The minimum absolute atomic E-state index is 0.000428. The van der Waals surface area contributed by atoms with Gasteiger partial charge in [-0.1, -0.05) is 26.8 Å². The van der Waals surface area contributed by atoms with E-state index in [1.807, 2.05) is 6.07 Å². The van der Waals surface area contributed by atoms with E-state index in [9.17, 15) is 5.11 Å². The Morgan fingerprint density at radius 2 is 2.00 bits per heavy atom. The third kappa shape index (κ3) is 2.35. The van der Waals surface area contributed by atoms with Gasteiger partial charge in [0.15, 0.2) is 11.5 Å². The first-order chi connectivity index (χ1) is 15.2. The summed E-state index contributed by atoms with van der Waals surface area (Å²) in [5, 5.41) is 10.8. The van der Waals surface area contributed by atoms with Crippen LogP contribution in [0.5, 0.6) is 11.5 Å². The first-order valence-electron chi connectivity index (χ1n) is 12.8. The Bertz CT molecular complexity index is 967. The van der Waals surface area contributed by atoms with Crippen molar-refractivity contribution in [1.29, 1.82) is 0 Å². The van der Waals surface area contributed by atoms with E-state index in [4.69, 9.17) is 14.2 Å². The molecule has 1 aromatic rings. The zero-order chi connectivity index (χ0) is 22.0. The van der Waals surface area contributed by atoms with Crippen LogP contribution in [-0.2, 0) is 21.3 Å². The fourth-order valence-corrected chi connectivity index (χ4v) is 8.29. The number of hydrogen-bond acceptors (Lipinski definition) is 5. The van der Waals surface area contributed by atoms with E-state index in [0.29, 0.717) is 24.5 Å². The van der Waals surface area contributed by atoms with E-state index in [-0.39, 0.29) is 34.6 Å². The summed E-state index contributed by atoms with van der Waals surface area (Å²) in [4.78, 5) is 2.82. The van der Waals surface area contributed by atoms with Gasteiger partial charge in [0.1, 0.15) is 19.0 Å². The average molecular weight is 440 g/mol. The highest BCUT2D eigenvalue weighted by atomic mass is 16.7. The summed E-state index contributed by atoms with van der Waals surface area (Å²) >= 11 is 0. The van der Waals surface area contributed by atoms with Crippen LogP contribution in [0.25, 0.3) is 0 Å². The number of phenolic OH excluding ortho intramolecular Hbond substituents is 1. The molecule has 32 heavy (non-hydrogen) atoms. The van der Waals surface area contributed by atoms with Gasteiger partial charge in [0.2, 0.25) is 0 Å². The standard InChI is InChI=1S/C27H37NO4/c1-25(2,3)26(4)18-12-17-19-11-16-7-8-20(29)23-21(16)27(17,9-10-28(19)13-15-5-6-15)24(32-23)22(18)30-14-31-26/h7-8,15,17-19,22,24,29H,5-6,9-14H2,1-4H3/t17?,18?,19-,22?,24+,26+,27+/m1/s1. The van der Waals surface area contributed by atoms with Crippen LogP contribution in [0.15, 0.2) is 12.1 Å². The second-order valence-corrected chi connectivity index (χ2v) is 12.7. The van der Waals surface area contributed by atoms with E-state index in [1.165, 1.54) is 30.5 Å². The summed E-state index contributed by atoms with van der Waals surface area (Å²) in [6, 6.07) is 4.57. The molecule has 2 saturated heterocycles. The van der Waals surface area contributed by atoms with Crippen molar-refractivity contribution in [3.63, 3.8) is 0 Å². The van der Waals surface area contributed by atoms with Crippen molar-refractivity contribution in [2.75, 3.05) is 19.9 Å². The van der Waals surface area contributed by atoms with Gasteiger partial charge in [-0.3, -0.25) is 4.90 Å². The molecule has 1 aromatic carbocycles. The fraction of sp³-hybridized carbons (Fsp3) is 0.778. The van der Waals surface area contributed by atoms with E-state index < -0.39 is 0 Å². The highest BCUT2D eigenvalue weighted by Crippen LogP contribution is 2.67. The van der Waals surface area contributed by atoms with Gasteiger partial charge in [0.05, 0.1) is 5.60 Å². The number of ether oxygens (including phenoxy) is 3. The van der Waals surface area contributed by atoms with Crippen LogP contribution in [0.2, 0.25) is 0 Å². The van der Waals surface area contributed by atoms with Crippen LogP contribution in [0.4, 0.5) is 0 Å². The van der Waals surface area contributed by atoms with Crippen molar-refractivity contribution in [3.05, 3.63) is 23.3 Å². The molecule has 0 aromatic heterocycles. The SMILES string of the molecule is CC(C)(C)[C@@]1(C)OCOC2C1CC1[C@H]3Cc4ccc(O)c5c4[C@@]1(CCN3CC1CC1)[C@H]2O5. The molecular formula is C27H37NO4. The molecule has 3 unspecified atom stereocenters. The van der Waals surface area contributed by atoms with Crippen LogP contribution in [0, 0.1) is 23.2 Å². The first kappa shape index (κ1) is 20.1. The smallest absolute Gasteiger partial charge is 0.165 e. The number of piperidine rings is 1. The van der Waals surface area contributed by atoms with E-state index >= 15 is 0 Å². The van der Waals surface area contributed by atoms with Crippen LogP contribution >= 0.6 is 0 Å². The Morgan fingerprint density at radius 3 is 2.75 bits per heavy atom. The van der Waals surface area contributed by atoms with Gasteiger partial charge in [0, 0.05) is 29.5 Å². The molecule has 1 N–H and O–H groups in total. The third-order valence-electron chi connectivity index (χ3n) is 10.5. The van der Waals surface area contributed by atoms with E-state index in [2.05, 4.69) is 38.7 Å². The van der Waals surface area contributed by atoms with Crippen LogP contribution in [-0.4, -0.2) is 53.7 Å². The Morgan fingerprint density at radius 1 is 1.19 bits per heavy atom. The average Bonchev–Trinajstić information content (AvgIpc) is 3.48. The molecule has 4 fully saturated rings. The highest BCUT2D eigenvalue weighted by molar-refractivity contribution is 5.61. The van der Waals surface area contributed by atoms with Crippen molar-refractivity contribution in [3.8, 4) is 11.5 Å². The summed E-state index contributed by atoms with van der Waals surface area (Å²) in [5.41, 5.74) is 2.41. The zero-order valence-corrected chi connectivity index (χ0v) is 19.9. The minimum atomic E-state index is -0.270. The molecule has 2 saturated carbocycles. The number of benzene rings is 1. The summed E-state index contributed by atoms with van der Waals surface area (Å²) in [6.07, 6.45) is 6.04. The van der Waals surface area contributed by atoms with Gasteiger partial charge in [-0.05, 0) is 74.5 Å². The zero-order valence-electron chi connectivity index (χ0n) is 19.9. The Balaban J connectivity index is 1.39. The van der Waals surface area contributed by atoms with Crippen molar-refractivity contribution < 1.29 is 19.3 Å². The number of likely N-dealkylation sites (tertiary alicyclic amines) is 1. The second kappa shape index (κ2) is 6.22. The van der Waals surface area contributed by atoms with Gasteiger partial charge in [-0.25, -0.2) is 0 Å². The normalized spacial score (nSPS) is 44.6. The summed E-state index contributed by atoms with van der Waals surface area (Å²) in [6.45, 7) is 11.9. The second-order valence-electron chi connectivity index (χ2n) is 12.7. The molecule has 7 atom stereocenters. The van der Waals surface area contributed by atoms with Crippen LogP contribution < -0.4 is 4.74 Å². The molecule has 5 nitrogen and oxygen atoms in total. The maximum atomic E-state index is 10.8. The number of rotatable bonds is 2. The molecule has 0 amide bonds. The Hall–Kier alpha value is -1.30. The molecule has 6 aliphatic rings. The lowest BCUT2D eigenvalue weighted by Gasteiger charge is -2.65. The lowest BCUT2D eigenvalue weighted by atomic mass is 9.47. The minimum Gasteiger partial charge on any atom is -0.504 e. The number of aromatic hydroxyl groups is 1. The molecule has 1 spiro atoms. The quantitative estimate of drug-likeness (QED) is 0.747. The lowest BCUT2D eigenvalue weighted by Crippen LogP contribution is -2.73. The number of hydrogen-bond donors (Lipinski definition) is 1. The molecular weight excluding hydrogens is 402 g/mol. The van der Waals surface area contributed by atoms with Crippen molar-refractivity contribution in [1.82, 2.24) is 4.90 Å². The molecule has 5 heteroatoms. The summed E-state index contributed by atoms with van der Waals surface area (Å²) in [5.74, 6) is 2.74. The largest absolute Gasteiger partial charge is 0.504 e. The molecule has 3 aliphatic heterocycles. The topological polar surface area (TPSA) is 51.2 Å². The fourth-order valence-electron chi connectivity index (χ4n) is 8.29. The van der Waals surface area contributed by atoms with Gasteiger partial charge in [0.25, 0.3) is 0 Å². The predicted molar refractivity (Wildman–Crippen MR) is 121 cm³/mol. The van der Waals surface area contributed by atoms with Crippen LogP contribution in [0.3, 0.4) is 0 Å². The Kier molecular flexibility index (Phi) is 3.91. The molecule has 2 bridgehead atoms. The number of nitrogens with zero attached hydrogens (tertiary/aromatic N) is 1. The Labute approximate surface area is 191 Å². The van der Waals surface area contributed by atoms with Gasteiger partial charge in [-0.15, -0.1) is 0 Å². The van der Waals surface area contributed by atoms with E-state index in [1.54, 1.807) is 0 Å². The van der Waals surface area contributed by atoms with Gasteiger partial charge < -0.3 is 19.3 Å². The number of phenols is 1. The van der Waals surface area contributed by atoms with Crippen molar-refractivity contribution in [2.24, 2.45) is 23.2 Å². The maximum Gasteiger partial charge on any atom is 0.165 e. The van der Waals surface area contributed by atoms with Crippen LogP contribution in [0.1, 0.15) is 64.5 Å². The van der Waals surface area contributed by atoms with Crippen molar-refractivity contribution >= 4 is 0 Å². The molecule has 7 rings (SSSR count). The molecule has 174 valence electrons. The maximum absolute atomic E-state index is 10.8. The lowest BCUT2D eigenvalue weighted by molar-refractivity contribution is -0.317. The molecule has 3 aliphatic carbocycles. The molecule has 0 radical (unpaired) electrons. The van der Waals surface area contributed by atoms with Crippen molar-refractivity contribution in [2.45, 2.75) is 89.1 Å². The summed E-state index contributed by atoms with van der Waals surface area (Å²) < 4.78 is 19.6.